The average molecular weight is 287 g/mol. The van der Waals surface area contributed by atoms with Crippen molar-refractivity contribution in [1.29, 1.82) is 0 Å². The fourth-order valence-electron chi connectivity index (χ4n) is 3.21. The number of hydrogen-bond donors (Lipinski definition) is 1. The molecule has 2 aliphatic carbocycles. The molecule has 0 saturated heterocycles. The number of aryl methyl sites for hydroxylation is 2. The lowest BCUT2D eigenvalue weighted by atomic mass is 9.85. The first-order valence-electron chi connectivity index (χ1n) is 8.62. The number of hydrogen-bond acceptors (Lipinski definition) is 3. The number of aromatic nitrogens is 1. The van der Waals surface area contributed by atoms with Gasteiger partial charge in [0.1, 0.15) is 5.82 Å². The van der Waals surface area contributed by atoms with Gasteiger partial charge in [-0.3, -0.25) is 0 Å². The maximum Gasteiger partial charge on any atom is 0.133 e. The molecular formula is C18H29N3. The Balaban J connectivity index is 1.81. The second-order valence-electron chi connectivity index (χ2n) is 6.87. The second kappa shape index (κ2) is 6.35. The van der Waals surface area contributed by atoms with E-state index in [1.165, 1.54) is 55.6 Å². The van der Waals surface area contributed by atoms with E-state index in [0.717, 1.165) is 30.7 Å². The Morgan fingerprint density at radius 3 is 2.57 bits per heavy atom. The molecule has 3 rings (SSSR count). The summed E-state index contributed by atoms with van der Waals surface area (Å²) in [6.45, 7) is 9.83. The highest BCUT2D eigenvalue weighted by Gasteiger charge is 2.24. The summed E-state index contributed by atoms with van der Waals surface area (Å²) in [7, 11) is 0. The van der Waals surface area contributed by atoms with Crippen LogP contribution in [0.4, 0.5) is 5.82 Å². The topological polar surface area (TPSA) is 28.2 Å². The number of nitrogens with zero attached hydrogens (tertiary/aromatic N) is 2. The van der Waals surface area contributed by atoms with Crippen molar-refractivity contribution in [3.63, 3.8) is 0 Å². The second-order valence-corrected chi connectivity index (χ2v) is 6.87. The van der Waals surface area contributed by atoms with Crippen LogP contribution in [0.2, 0.25) is 0 Å². The van der Waals surface area contributed by atoms with Crippen LogP contribution in [0, 0.1) is 19.8 Å². The van der Waals surface area contributed by atoms with Gasteiger partial charge in [0.25, 0.3) is 0 Å². The minimum atomic E-state index is 0.750. The van der Waals surface area contributed by atoms with Crippen molar-refractivity contribution in [2.24, 2.45) is 5.92 Å². The van der Waals surface area contributed by atoms with Gasteiger partial charge in [-0.2, -0.15) is 0 Å². The van der Waals surface area contributed by atoms with E-state index in [9.17, 15) is 0 Å². The van der Waals surface area contributed by atoms with Gasteiger partial charge in [-0.25, -0.2) is 4.98 Å². The Labute approximate surface area is 129 Å². The Morgan fingerprint density at radius 2 is 2.00 bits per heavy atom. The molecule has 1 N–H and O–H groups in total. The molecule has 3 heteroatoms. The van der Waals surface area contributed by atoms with Gasteiger partial charge in [-0.1, -0.05) is 6.42 Å². The lowest BCUT2D eigenvalue weighted by molar-refractivity contribution is 0.318. The van der Waals surface area contributed by atoms with Crippen LogP contribution in [0.5, 0.6) is 0 Å². The zero-order valence-corrected chi connectivity index (χ0v) is 13.8. The SMILES string of the molecule is CCN(CC1CCC1)c1nc(C)cc(C)c1CNC1CC1. The zero-order chi connectivity index (χ0) is 14.8. The van der Waals surface area contributed by atoms with Gasteiger partial charge in [-0.15, -0.1) is 0 Å². The van der Waals surface area contributed by atoms with E-state index < -0.39 is 0 Å². The molecule has 0 amide bonds. The predicted octanol–water partition coefficient (Wildman–Crippen LogP) is 3.58. The van der Waals surface area contributed by atoms with E-state index in [1.807, 2.05) is 0 Å². The maximum atomic E-state index is 4.90. The molecule has 0 aliphatic heterocycles. The van der Waals surface area contributed by atoms with Gasteiger partial charge >= 0.3 is 0 Å². The van der Waals surface area contributed by atoms with E-state index in [0.29, 0.717) is 0 Å². The Hall–Kier alpha value is -1.09. The van der Waals surface area contributed by atoms with Crippen LogP contribution >= 0.6 is 0 Å². The summed E-state index contributed by atoms with van der Waals surface area (Å²) >= 11 is 0. The van der Waals surface area contributed by atoms with E-state index in [1.54, 1.807) is 0 Å². The standard InChI is InChI=1S/C18H29N3/c1-4-21(12-15-6-5-7-15)18-17(11-19-16-8-9-16)13(2)10-14(3)20-18/h10,15-16,19H,4-9,11-12H2,1-3H3. The highest BCUT2D eigenvalue weighted by Crippen LogP contribution is 2.31. The normalized spacial score (nSPS) is 18.6. The predicted molar refractivity (Wildman–Crippen MR) is 88.8 cm³/mol. The lowest BCUT2D eigenvalue weighted by Gasteiger charge is -2.34. The summed E-state index contributed by atoms with van der Waals surface area (Å²) in [6, 6.07) is 2.98. The molecule has 1 aromatic rings. The molecule has 0 radical (unpaired) electrons. The summed E-state index contributed by atoms with van der Waals surface area (Å²) in [6.07, 6.45) is 6.90. The van der Waals surface area contributed by atoms with Crippen LogP contribution in [0.3, 0.4) is 0 Å². The van der Waals surface area contributed by atoms with Crippen LogP contribution in [0.15, 0.2) is 6.07 Å². The summed E-state index contributed by atoms with van der Waals surface area (Å²) in [5.41, 5.74) is 3.94. The third kappa shape index (κ3) is 3.57. The Kier molecular flexibility index (Phi) is 4.48. The van der Waals surface area contributed by atoms with Crippen molar-refractivity contribution >= 4 is 5.82 Å². The largest absolute Gasteiger partial charge is 0.356 e. The molecule has 0 unspecified atom stereocenters. The van der Waals surface area contributed by atoms with Crippen molar-refractivity contribution in [3.8, 4) is 0 Å². The van der Waals surface area contributed by atoms with Crippen LogP contribution in [-0.4, -0.2) is 24.1 Å². The molecule has 0 aromatic carbocycles. The van der Waals surface area contributed by atoms with Crippen LogP contribution in [0.1, 0.15) is 55.8 Å². The van der Waals surface area contributed by atoms with Crippen LogP contribution in [-0.2, 0) is 6.54 Å². The molecule has 1 aromatic heterocycles. The zero-order valence-electron chi connectivity index (χ0n) is 13.8. The van der Waals surface area contributed by atoms with Crippen LogP contribution < -0.4 is 10.2 Å². The van der Waals surface area contributed by atoms with Gasteiger partial charge in [-0.05, 0) is 64.0 Å². The van der Waals surface area contributed by atoms with E-state index >= 15 is 0 Å². The van der Waals surface area contributed by atoms with E-state index in [2.05, 4.69) is 37.1 Å². The molecule has 0 spiro atoms. The lowest BCUT2D eigenvalue weighted by Crippen LogP contribution is -2.34. The number of anilines is 1. The quantitative estimate of drug-likeness (QED) is 0.831. The molecule has 0 atom stereocenters. The minimum absolute atomic E-state index is 0.750. The molecule has 2 aliphatic rings. The third-order valence-corrected chi connectivity index (χ3v) is 4.98. The molecule has 0 bridgehead atoms. The number of nitrogens with one attached hydrogen (secondary N) is 1. The third-order valence-electron chi connectivity index (χ3n) is 4.98. The monoisotopic (exact) mass is 287 g/mol. The number of pyridine rings is 1. The first-order chi connectivity index (χ1) is 10.2. The van der Waals surface area contributed by atoms with Gasteiger partial charge < -0.3 is 10.2 Å². The van der Waals surface area contributed by atoms with Gasteiger partial charge in [0, 0.05) is 36.9 Å². The van der Waals surface area contributed by atoms with Crippen molar-refractivity contribution in [1.82, 2.24) is 10.3 Å². The average Bonchev–Trinajstić information content (AvgIpc) is 3.20. The van der Waals surface area contributed by atoms with E-state index in [-0.39, 0.29) is 0 Å². The van der Waals surface area contributed by atoms with Gasteiger partial charge in [0.05, 0.1) is 0 Å². The van der Waals surface area contributed by atoms with Crippen LogP contribution in [0.25, 0.3) is 0 Å². The van der Waals surface area contributed by atoms with Gasteiger partial charge in [0.2, 0.25) is 0 Å². The summed E-state index contributed by atoms with van der Waals surface area (Å²) in [5, 5.41) is 3.67. The molecule has 1 heterocycles. The van der Waals surface area contributed by atoms with Gasteiger partial charge in [0.15, 0.2) is 0 Å². The fraction of sp³-hybridized carbons (Fsp3) is 0.722. The van der Waals surface area contributed by atoms with Crippen molar-refractivity contribution in [2.45, 2.75) is 65.5 Å². The number of rotatable bonds is 7. The summed E-state index contributed by atoms with van der Waals surface area (Å²) in [5.74, 6) is 2.12. The highest BCUT2D eigenvalue weighted by atomic mass is 15.2. The highest BCUT2D eigenvalue weighted by molar-refractivity contribution is 5.51. The van der Waals surface area contributed by atoms with Crippen molar-refractivity contribution in [2.75, 3.05) is 18.0 Å². The Morgan fingerprint density at radius 1 is 1.24 bits per heavy atom. The molecule has 2 fully saturated rings. The molecule has 2 saturated carbocycles. The maximum absolute atomic E-state index is 4.90. The van der Waals surface area contributed by atoms with Crippen molar-refractivity contribution in [3.05, 3.63) is 22.9 Å². The minimum Gasteiger partial charge on any atom is -0.356 e. The fourth-order valence-corrected chi connectivity index (χ4v) is 3.21. The molecule has 116 valence electrons. The van der Waals surface area contributed by atoms with E-state index in [4.69, 9.17) is 4.98 Å². The summed E-state index contributed by atoms with van der Waals surface area (Å²) in [4.78, 5) is 7.41. The summed E-state index contributed by atoms with van der Waals surface area (Å²) < 4.78 is 0. The Bertz CT molecular complexity index is 489. The van der Waals surface area contributed by atoms with Crippen molar-refractivity contribution < 1.29 is 0 Å². The molecule has 3 nitrogen and oxygen atoms in total. The molecular weight excluding hydrogens is 258 g/mol. The molecule has 21 heavy (non-hydrogen) atoms. The smallest absolute Gasteiger partial charge is 0.133 e. The first-order valence-corrected chi connectivity index (χ1v) is 8.62. The first kappa shape index (κ1) is 14.8.